The molecule has 0 aliphatic carbocycles. The van der Waals surface area contributed by atoms with Gasteiger partial charge >= 0.3 is 11.8 Å². The summed E-state index contributed by atoms with van der Waals surface area (Å²) in [5, 5.41) is 2.60. The summed E-state index contributed by atoms with van der Waals surface area (Å²) in [5.74, 6) is -1.12. The fourth-order valence-electron chi connectivity index (χ4n) is 2.05. The van der Waals surface area contributed by atoms with Crippen molar-refractivity contribution in [3.63, 3.8) is 0 Å². The Hall–Kier alpha value is -2.04. The van der Waals surface area contributed by atoms with Crippen LogP contribution in [0.15, 0.2) is 18.2 Å². The highest BCUT2D eigenvalue weighted by molar-refractivity contribution is 6.39. The quantitative estimate of drug-likeness (QED) is 0.624. The minimum atomic E-state index is -0.630. The minimum absolute atomic E-state index is 0.465. The van der Waals surface area contributed by atoms with Gasteiger partial charge in [-0.1, -0.05) is 26.3 Å². The number of carbonyl (C=O) groups is 2. The standard InChI is InChI=1S/C16H25N3O2/c1-4-6-10-19(9-5-2)16(21)15(20)18-14-8-7-12(3)11-13(14)17/h7-8,11H,4-6,9-10,17H2,1-3H3,(H,18,20). The van der Waals surface area contributed by atoms with Crippen molar-refractivity contribution >= 4 is 23.2 Å². The molecule has 0 aliphatic heterocycles. The van der Waals surface area contributed by atoms with Gasteiger partial charge in [-0.05, 0) is 37.5 Å². The average molecular weight is 291 g/mol. The molecule has 0 aliphatic rings. The van der Waals surface area contributed by atoms with Gasteiger partial charge in [0.2, 0.25) is 0 Å². The Kier molecular flexibility index (Phi) is 6.72. The number of hydrogen-bond acceptors (Lipinski definition) is 3. The molecule has 0 fully saturated rings. The average Bonchev–Trinajstić information content (AvgIpc) is 2.45. The summed E-state index contributed by atoms with van der Waals surface area (Å²) in [5.41, 5.74) is 7.79. The van der Waals surface area contributed by atoms with Crippen LogP contribution in [0.25, 0.3) is 0 Å². The third-order valence-corrected chi connectivity index (χ3v) is 3.21. The van der Waals surface area contributed by atoms with Gasteiger partial charge in [0.25, 0.3) is 0 Å². The molecule has 0 unspecified atom stereocenters. The molecule has 21 heavy (non-hydrogen) atoms. The van der Waals surface area contributed by atoms with Crippen molar-refractivity contribution < 1.29 is 9.59 Å². The number of hydrogen-bond donors (Lipinski definition) is 2. The largest absolute Gasteiger partial charge is 0.397 e. The molecule has 5 heteroatoms. The van der Waals surface area contributed by atoms with Crippen molar-refractivity contribution in [2.75, 3.05) is 24.1 Å². The van der Waals surface area contributed by atoms with Crippen LogP contribution in [-0.4, -0.2) is 29.8 Å². The molecule has 0 saturated carbocycles. The molecule has 0 atom stereocenters. The Labute approximate surface area is 126 Å². The Balaban J connectivity index is 2.73. The zero-order chi connectivity index (χ0) is 15.8. The highest BCUT2D eigenvalue weighted by Gasteiger charge is 2.21. The van der Waals surface area contributed by atoms with E-state index in [1.54, 1.807) is 17.0 Å². The predicted molar refractivity (Wildman–Crippen MR) is 86.0 cm³/mol. The first kappa shape index (κ1) is 17.0. The van der Waals surface area contributed by atoms with Gasteiger partial charge in [0.1, 0.15) is 0 Å². The fraction of sp³-hybridized carbons (Fsp3) is 0.500. The number of nitrogens with two attached hydrogens (primary N) is 1. The third-order valence-electron chi connectivity index (χ3n) is 3.21. The van der Waals surface area contributed by atoms with Crippen molar-refractivity contribution in [1.29, 1.82) is 0 Å². The van der Waals surface area contributed by atoms with Gasteiger partial charge in [-0.25, -0.2) is 0 Å². The van der Waals surface area contributed by atoms with E-state index in [0.717, 1.165) is 24.8 Å². The van der Waals surface area contributed by atoms with Gasteiger partial charge in [-0.3, -0.25) is 9.59 Å². The van der Waals surface area contributed by atoms with Crippen molar-refractivity contribution in [3.05, 3.63) is 23.8 Å². The molecule has 2 amide bonds. The molecule has 0 radical (unpaired) electrons. The van der Waals surface area contributed by atoms with Gasteiger partial charge in [-0.2, -0.15) is 0 Å². The number of nitrogens with zero attached hydrogens (tertiary/aromatic N) is 1. The van der Waals surface area contributed by atoms with Gasteiger partial charge in [-0.15, -0.1) is 0 Å². The molecule has 3 N–H and O–H groups in total. The number of rotatable bonds is 6. The molecule has 0 saturated heterocycles. The maximum atomic E-state index is 12.2. The maximum absolute atomic E-state index is 12.2. The third kappa shape index (κ3) is 5.10. The monoisotopic (exact) mass is 291 g/mol. The van der Waals surface area contributed by atoms with Crippen LogP contribution in [0.1, 0.15) is 38.7 Å². The van der Waals surface area contributed by atoms with E-state index in [-0.39, 0.29) is 0 Å². The van der Waals surface area contributed by atoms with E-state index in [4.69, 9.17) is 5.73 Å². The number of aryl methyl sites for hydroxylation is 1. The van der Waals surface area contributed by atoms with Crippen LogP contribution in [-0.2, 0) is 9.59 Å². The summed E-state index contributed by atoms with van der Waals surface area (Å²) >= 11 is 0. The van der Waals surface area contributed by atoms with Gasteiger partial charge in [0.05, 0.1) is 11.4 Å². The number of unbranched alkanes of at least 4 members (excludes halogenated alkanes) is 1. The molecule has 1 aromatic carbocycles. The number of nitrogens with one attached hydrogen (secondary N) is 1. The van der Waals surface area contributed by atoms with Gasteiger partial charge in [0, 0.05) is 13.1 Å². The topological polar surface area (TPSA) is 75.4 Å². The summed E-state index contributed by atoms with van der Waals surface area (Å²) in [7, 11) is 0. The minimum Gasteiger partial charge on any atom is -0.397 e. The highest BCUT2D eigenvalue weighted by atomic mass is 16.2. The molecule has 0 heterocycles. The first-order valence-corrected chi connectivity index (χ1v) is 7.46. The van der Waals surface area contributed by atoms with E-state index in [9.17, 15) is 9.59 Å². The molecule has 0 bridgehead atoms. The number of amides is 2. The van der Waals surface area contributed by atoms with E-state index < -0.39 is 11.8 Å². The second-order valence-corrected chi connectivity index (χ2v) is 5.19. The summed E-state index contributed by atoms with van der Waals surface area (Å²) in [6, 6.07) is 5.32. The van der Waals surface area contributed by atoms with Crippen molar-refractivity contribution in [2.45, 2.75) is 40.0 Å². The van der Waals surface area contributed by atoms with Gasteiger partial charge < -0.3 is 16.0 Å². The summed E-state index contributed by atoms with van der Waals surface area (Å²) in [6.07, 6.45) is 2.71. The maximum Gasteiger partial charge on any atom is 0.313 e. The lowest BCUT2D eigenvalue weighted by atomic mass is 10.2. The second kappa shape index (κ2) is 8.29. The van der Waals surface area contributed by atoms with Crippen LogP contribution in [0.3, 0.4) is 0 Å². The van der Waals surface area contributed by atoms with Crippen LogP contribution >= 0.6 is 0 Å². The number of anilines is 2. The summed E-state index contributed by atoms with van der Waals surface area (Å²) in [4.78, 5) is 25.9. The molecule has 0 aromatic heterocycles. The van der Waals surface area contributed by atoms with Crippen molar-refractivity contribution in [2.24, 2.45) is 0 Å². The van der Waals surface area contributed by atoms with E-state index in [1.807, 2.05) is 19.9 Å². The number of nitrogen functional groups attached to an aromatic ring is 1. The number of benzene rings is 1. The molecular weight excluding hydrogens is 266 g/mol. The van der Waals surface area contributed by atoms with Crippen molar-refractivity contribution in [3.8, 4) is 0 Å². The second-order valence-electron chi connectivity index (χ2n) is 5.19. The predicted octanol–water partition coefficient (Wildman–Crippen LogP) is 2.55. The lowest BCUT2D eigenvalue weighted by Gasteiger charge is -2.21. The normalized spacial score (nSPS) is 10.2. The van der Waals surface area contributed by atoms with Crippen LogP contribution in [0.5, 0.6) is 0 Å². The summed E-state index contributed by atoms with van der Waals surface area (Å²) < 4.78 is 0. The zero-order valence-electron chi connectivity index (χ0n) is 13.1. The SMILES string of the molecule is CCCCN(CCC)C(=O)C(=O)Nc1ccc(C)cc1N. The summed E-state index contributed by atoms with van der Waals surface area (Å²) in [6.45, 7) is 7.17. The first-order chi connectivity index (χ1) is 9.99. The smallest absolute Gasteiger partial charge is 0.313 e. The van der Waals surface area contributed by atoms with Crippen LogP contribution in [0, 0.1) is 6.92 Å². The van der Waals surface area contributed by atoms with Gasteiger partial charge in [0.15, 0.2) is 0 Å². The number of carbonyl (C=O) groups excluding carboxylic acids is 2. The fourth-order valence-corrected chi connectivity index (χ4v) is 2.05. The lowest BCUT2D eigenvalue weighted by Crippen LogP contribution is -2.40. The lowest BCUT2D eigenvalue weighted by molar-refractivity contribution is -0.143. The molecule has 1 aromatic rings. The van der Waals surface area contributed by atoms with Crippen LogP contribution in [0.4, 0.5) is 11.4 Å². The zero-order valence-corrected chi connectivity index (χ0v) is 13.1. The van der Waals surface area contributed by atoms with E-state index in [1.165, 1.54) is 0 Å². The molecular formula is C16H25N3O2. The highest BCUT2D eigenvalue weighted by Crippen LogP contribution is 2.19. The van der Waals surface area contributed by atoms with Crippen molar-refractivity contribution in [1.82, 2.24) is 4.90 Å². The van der Waals surface area contributed by atoms with E-state index >= 15 is 0 Å². The first-order valence-electron chi connectivity index (χ1n) is 7.46. The van der Waals surface area contributed by atoms with E-state index in [2.05, 4.69) is 12.2 Å². The Morgan fingerprint density at radius 3 is 2.48 bits per heavy atom. The Bertz CT molecular complexity index is 500. The molecule has 1 rings (SSSR count). The molecule has 0 spiro atoms. The Morgan fingerprint density at radius 1 is 1.19 bits per heavy atom. The Morgan fingerprint density at radius 2 is 1.90 bits per heavy atom. The molecule has 5 nitrogen and oxygen atoms in total. The van der Waals surface area contributed by atoms with Crippen LogP contribution < -0.4 is 11.1 Å². The van der Waals surface area contributed by atoms with E-state index in [0.29, 0.717) is 24.5 Å². The van der Waals surface area contributed by atoms with Crippen LogP contribution in [0.2, 0.25) is 0 Å². The molecule has 116 valence electrons.